The molecule has 2 amide bonds. The Labute approximate surface area is 265 Å². The molecule has 0 bridgehead atoms. The normalized spacial score (nSPS) is 18.7. The number of nitriles is 1. The molecule has 248 valence electrons. The fraction of sp³-hybridized carbons (Fsp3) is 0.552. The van der Waals surface area contributed by atoms with Gasteiger partial charge in [0.2, 0.25) is 5.95 Å². The van der Waals surface area contributed by atoms with Gasteiger partial charge in [-0.25, -0.2) is 28.7 Å². The first-order valence-corrected chi connectivity index (χ1v) is 16.5. The molecule has 5 rings (SSSR count). The van der Waals surface area contributed by atoms with Crippen LogP contribution in [0, 0.1) is 17.1 Å². The molecule has 0 saturated carbocycles. The number of hydrogen-bond acceptors (Lipinski definition) is 12. The van der Waals surface area contributed by atoms with Gasteiger partial charge in [-0.3, -0.25) is 23.8 Å². The molecule has 0 aliphatic carbocycles. The van der Waals surface area contributed by atoms with Crippen molar-refractivity contribution < 1.29 is 36.8 Å². The molecule has 17 heteroatoms. The molecule has 4 heterocycles. The van der Waals surface area contributed by atoms with E-state index < -0.39 is 31.4 Å². The second-order valence-electron chi connectivity index (χ2n) is 11.2. The molecule has 0 spiro atoms. The van der Waals surface area contributed by atoms with Crippen molar-refractivity contribution in [2.75, 3.05) is 65.0 Å². The molecule has 2 aliphatic rings. The van der Waals surface area contributed by atoms with Gasteiger partial charge in [0.25, 0.3) is 0 Å². The van der Waals surface area contributed by atoms with Crippen molar-refractivity contribution in [3.63, 3.8) is 0 Å². The van der Waals surface area contributed by atoms with Crippen molar-refractivity contribution in [1.82, 2.24) is 30.2 Å². The topological polar surface area (TPSA) is 186 Å². The van der Waals surface area contributed by atoms with Crippen molar-refractivity contribution in [1.29, 1.82) is 5.26 Å². The number of aromatic nitrogens is 4. The van der Waals surface area contributed by atoms with Crippen LogP contribution in [-0.4, -0.2) is 90.6 Å². The number of nitrogens with one attached hydrogen (secondary N) is 3. The molecular formula is C29H38FN8O7P. The Morgan fingerprint density at radius 3 is 2.65 bits per heavy atom. The molecule has 2 saturated heterocycles. The van der Waals surface area contributed by atoms with Crippen LogP contribution in [-0.2, 0) is 33.2 Å². The Bertz CT molecular complexity index is 1600. The number of urea groups is 1. The summed E-state index contributed by atoms with van der Waals surface area (Å²) in [4.78, 5) is 30.3. The lowest BCUT2D eigenvalue weighted by molar-refractivity contribution is 0.00969. The molecule has 1 aromatic carbocycles. The van der Waals surface area contributed by atoms with Gasteiger partial charge in [-0.2, -0.15) is 5.26 Å². The largest absolute Gasteiger partial charge is 0.475 e. The maximum atomic E-state index is 16.2. The Morgan fingerprint density at radius 2 is 1.98 bits per heavy atom. The zero-order valence-electron chi connectivity index (χ0n) is 26.0. The molecular weight excluding hydrogens is 622 g/mol. The summed E-state index contributed by atoms with van der Waals surface area (Å²) in [6.07, 6.45) is 3.78. The number of phosphoric acid groups is 1. The summed E-state index contributed by atoms with van der Waals surface area (Å²) >= 11 is 0. The van der Waals surface area contributed by atoms with Crippen LogP contribution in [0.4, 0.5) is 15.1 Å². The number of morpholine rings is 1. The monoisotopic (exact) mass is 660 g/mol. The molecule has 46 heavy (non-hydrogen) atoms. The molecule has 15 nitrogen and oxygen atoms in total. The highest BCUT2D eigenvalue weighted by Crippen LogP contribution is 2.54. The first-order valence-electron chi connectivity index (χ1n) is 15.0. The predicted octanol–water partition coefficient (Wildman–Crippen LogP) is 4.40. The van der Waals surface area contributed by atoms with Crippen LogP contribution in [0.2, 0.25) is 0 Å². The third-order valence-electron chi connectivity index (χ3n) is 7.53. The standard InChI is InChI=1S/C29H38FN8O7P/c1-29(2,45-46(40,43-12-5-7-31)44-15-10-38-8-13-41-14-9-38)26-33-17-19(18-34-26)20-16-21-25(36-27(35-21)37-28(39)32-3)23(24(20)30)22-6-4-11-42-22/h16-18,22H,4-6,8-15H2,1-3H3,(H3,32,35,36,37,39)/t22-,46?/m1/s1. The lowest BCUT2D eigenvalue weighted by atomic mass is 9.98. The summed E-state index contributed by atoms with van der Waals surface area (Å²) in [6.45, 7) is 6.82. The Hall–Kier alpha value is -3.55. The van der Waals surface area contributed by atoms with E-state index in [1.165, 1.54) is 19.4 Å². The molecule has 2 atom stereocenters. The molecule has 3 aromatic rings. The van der Waals surface area contributed by atoms with E-state index in [-0.39, 0.29) is 37.0 Å². The van der Waals surface area contributed by atoms with Gasteiger partial charge in [0.15, 0.2) is 5.82 Å². The number of benzene rings is 1. The Balaban J connectivity index is 1.38. The number of aromatic amines is 1. The Kier molecular flexibility index (Phi) is 11.0. The van der Waals surface area contributed by atoms with Crippen molar-refractivity contribution in [2.24, 2.45) is 0 Å². The van der Waals surface area contributed by atoms with Crippen molar-refractivity contribution >= 4 is 30.8 Å². The van der Waals surface area contributed by atoms with Crippen LogP contribution in [0.1, 0.15) is 50.6 Å². The maximum absolute atomic E-state index is 16.2. The van der Waals surface area contributed by atoms with Crippen LogP contribution in [0.3, 0.4) is 0 Å². The van der Waals surface area contributed by atoms with E-state index >= 15 is 4.39 Å². The minimum atomic E-state index is -4.15. The quantitative estimate of drug-likeness (QED) is 0.174. The van der Waals surface area contributed by atoms with E-state index in [2.05, 4.69) is 35.5 Å². The second kappa shape index (κ2) is 14.9. The first kappa shape index (κ1) is 33.8. The number of H-pyrrole nitrogens is 1. The van der Waals surface area contributed by atoms with Gasteiger partial charge in [-0.05, 0) is 32.8 Å². The molecule has 3 N–H and O–H groups in total. The van der Waals surface area contributed by atoms with Crippen LogP contribution in [0.25, 0.3) is 22.2 Å². The lowest BCUT2D eigenvalue weighted by Gasteiger charge is -2.30. The number of hydrogen-bond donors (Lipinski definition) is 3. The summed E-state index contributed by atoms with van der Waals surface area (Å²) in [6, 6.07) is 3.02. The van der Waals surface area contributed by atoms with E-state index in [4.69, 9.17) is 28.3 Å². The number of amides is 2. The van der Waals surface area contributed by atoms with Gasteiger partial charge in [0, 0.05) is 62.4 Å². The lowest BCUT2D eigenvalue weighted by Crippen LogP contribution is -2.38. The van der Waals surface area contributed by atoms with Crippen LogP contribution >= 0.6 is 7.82 Å². The zero-order chi connectivity index (χ0) is 32.7. The number of anilines is 1. The summed E-state index contributed by atoms with van der Waals surface area (Å²) in [5, 5.41) is 14.0. The smallest absolute Gasteiger partial charge is 0.379 e. The predicted molar refractivity (Wildman–Crippen MR) is 164 cm³/mol. The molecule has 2 fully saturated rings. The molecule has 1 unspecified atom stereocenters. The summed E-state index contributed by atoms with van der Waals surface area (Å²) in [5.74, 6) is -0.218. The third kappa shape index (κ3) is 8.05. The zero-order valence-corrected chi connectivity index (χ0v) is 26.9. The third-order valence-corrected chi connectivity index (χ3v) is 9.21. The SMILES string of the molecule is CNC(=O)Nc1nc2cc(-c3cnc(C(C)(C)OP(=O)(OCCC#N)OCCN4CCOCC4)nc3)c(F)c([C@H]3CCCO3)c2[nH]1. The summed E-state index contributed by atoms with van der Waals surface area (Å²) in [5.41, 5.74) is 0.349. The van der Waals surface area contributed by atoms with E-state index in [0.717, 1.165) is 19.5 Å². The van der Waals surface area contributed by atoms with Gasteiger partial charge in [0.05, 0.1) is 56.1 Å². The van der Waals surface area contributed by atoms with Crippen molar-refractivity contribution in [3.05, 3.63) is 35.7 Å². The number of carbonyl (C=O) groups is 1. The number of carbonyl (C=O) groups excluding carboxylic acids is 1. The number of ether oxygens (including phenoxy) is 2. The fourth-order valence-corrected chi connectivity index (χ4v) is 6.64. The number of imidazole rings is 1. The highest BCUT2D eigenvalue weighted by atomic mass is 31.2. The summed E-state index contributed by atoms with van der Waals surface area (Å²) < 4.78 is 58.0. The van der Waals surface area contributed by atoms with Crippen molar-refractivity contribution in [3.8, 4) is 17.2 Å². The molecule has 0 radical (unpaired) electrons. The van der Waals surface area contributed by atoms with Gasteiger partial charge < -0.3 is 19.8 Å². The molecule has 2 aromatic heterocycles. The van der Waals surface area contributed by atoms with Gasteiger partial charge in [0.1, 0.15) is 11.4 Å². The average Bonchev–Trinajstić information content (AvgIpc) is 3.71. The average molecular weight is 661 g/mol. The number of phosphoric ester groups is 1. The van der Waals surface area contributed by atoms with Crippen LogP contribution in [0.5, 0.6) is 0 Å². The minimum absolute atomic E-state index is 0.00501. The van der Waals surface area contributed by atoms with E-state index in [0.29, 0.717) is 54.9 Å². The van der Waals surface area contributed by atoms with Gasteiger partial charge in [-0.15, -0.1) is 0 Å². The molecule has 2 aliphatic heterocycles. The van der Waals surface area contributed by atoms with Crippen LogP contribution < -0.4 is 10.6 Å². The van der Waals surface area contributed by atoms with Crippen molar-refractivity contribution in [2.45, 2.75) is 44.8 Å². The number of rotatable bonds is 13. The number of halogens is 1. The number of fused-ring (bicyclic) bond motifs is 1. The highest BCUT2D eigenvalue weighted by Gasteiger charge is 2.38. The second-order valence-corrected chi connectivity index (χ2v) is 12.8. The van der Waals surface area contributed by atoms with Gasteiger partial charge in [-0.1, -0.05) is 0 Å². The van der Waals surface area contributed by atoms with E-state index in [9.17, 15) is 9.36 Å². The minimum Gasteiger partial charge on any atom is -0.379 e. The fourth-order valence-electron chi connectivity index (χ4n) is 5.20. The van der Waals surface area contributed by atoms with E-state index in [1.54, 1.807) is 19.9 Å². The first-order chi connectivity index (χ1) is 22.1. The highest BCUT2D eigenvalue weighted by molar-refractivity contribution is 7.48. The Morgan fingerprint density at radius 1 is 1.24 bits per heavy atom. The summed E-state index contributed by atoms with van der Waals surface area (Å²) in [7, 11) is -2.67. The van der Waals surface area contributed by atoms with E-state index in [1.807, 2.05) is 6.07 Å². The maximum Gasteiger partial charge on any atom is 0.475 e. The number of nitrogens with zero attached hydrogens (tertiary/aromatic N) is 5. The van der Waals surface area contributed by atoms with Crippen LogP contribution in [0.15, 0.2) is 18.5 Å². The van der Waals surface area contributed by atoms with Gasteiger partial charge >= 0.3 is 13.9 Å².